The van der Waals surface area contributed by atoms with Crippen molar-refractivity contribution in [2.24, 2.45) is 0 Å². The first-order valence-corrected chi connectivity index (χ1v) is 4.79. The van der Waals surface area contributed by atoms with Crippen LogP contribution in [0.3, 0.4) is 0 Å². The molecule has 0 heterocycles. The van der Waals surface area contributed by atoms with E-state index in [1.807, 2.05) is 0 Å². The second kappa shape index (κ2) is 11.9. The third kappa shape index (κ3) is 70.7. The van der Waals surface area contributed by atoms with E-state index in [0.29, 0.717) is 0 Å². The molecule has 0 fully saturated rings. The van der Waals surface area contributed by atoms with Gasteiger partial charge in [0.05, 0.1) is 0 Å². The topological polar surface area (TPSA) is 74.6 Å². The maximum absolute atomic E-state index is 8.74. The minimum Gasteiger partial charge on any atom is -0.332 e. The molecule has 4 nitrogen and oxygen atoms in total. The molecule has 0 saturated carbocycles. The number of hydrogen-bond acceptors (Lipinski definition) is 2. The maximum Gasteiger partial charge on any atom is 1.00 e. The van der Waals surface area contributed by atoms with Gasteiger partial charge in [-0.1, -0.05) is 19.8 Å². The molecule has 0 saturated heterocycles. The van der Waals surface area contributed by atoms with Crippen LogP contribution in [0.25, 0.3) is 0 Å². The largest absolute Gasteiger partial charge is 1.00 e. The van der Waals surface area contributed by atoms with E-state index in [2.05, 4.69) is 20.3 Å². The van der Waals surface area contributed by atoms with Gasteiger partial charge in [0.1, 0.15) is 0 Å². The van der Waals surface area contributed by atoms with Crippen molar-refractivity contribution in [1.82, 2.24) is 0 Å². The summed E-state index contributed by atoms with van der Waals surface area (Å²) in [6, 6.07) is 0. The smallest absolute Gasteiger partial charge is 0.332 e. The van der Waals surface area contributed by atoms with Crippen LogP contribution in [0.15, 0.2) is 0 Å². The van der Waals surface area contributed by atoms with E-state index in [9.17, 15) is 0 Å². The molecule has 0 atom stereocenters. The van der Waals surface area contributed by atoms with Gasteiger partial charge in [-0.15, -0.1) is 0 Å². The van der Waals surface area contributed by atoms with Gasteiger partial charge in [-0.2, -0.15) is 21.8 Å². The Morgan fingerprint density at radius 2 is 1.67 bits per heavy atom. The van der Waals surface area contributed by atoms with Crippen molar-refractivity contribution in [3.8, 4) is 0 Å². The summed E-state index contributed by atoms with van der Waals surface area (Å²) >= 11 is 0. The van der Waals surface area contributed by atoms with E-state index < -0.39 is 10.4 Å². The molecule has 12 heavy (non-hydrogen) atoms. The summed E-state index contributed by atoms with van der Waals surface area (Å²) in [6.45, 7) is 4.32. The maximum atomic E-state index is 8.74. The van der Waals surface area contributed by atoms with Crippen molar-refractivity contribution in [2.45, 2.75) is 33.1 Å². The van der Waals surface area contributed by atoms with Crippen LogP contribution in [0, 0.1) is 6.42 Å². The SMILES string of the molecule is C[CH-]CCCC.O=S(=O)(O)O.[Na+]. The molecular formula is C6H15NaO4S. The summed E-state index contributed by atoms with van der Waals surface area (Å²) in [5, 5.41) is 0. The van der Waals surface area contributed by atoms with Crippen LogP contribution in [0.5, 0.6) is 0 Å². The Labute approximate surface area is 96.6 Å². The Balaban J connectivity index is -0.000000126. The van der Waals surface area contributed by atoms with Gasteiger partial charge in [-0.25, -0.2) is 0 Å². The van der Waals surface area contributed by atoms with Crippen molar-refractivity contribution in [3.63, 3.8) is 0 Å². The van der Waals surface area contributed by atoms with Gasteiger partial charge < -0.3 is 6.42 Å². The van der Waals surface area contributed by atoms with Gasteiger partial charge in [0, 0.05) is 0 Å². The van der Waals surface area contributed by atoms with E-state index in [-0.39, 0.29) is 29.6 Å². The van der Waals surface area contributed by atoms with Crippen molar-refractivity contribution < 1.29 is 47.1 Å². The Hall–Kier alpha value is 0.870. The first kappa shape index (κ1) is 18.6. The molecule has 2 N–H and O–H groups in total. The molecule has 0 bridgehead atoms. The monoisotopic (exact) mass is 206 g/mol. The zero-order chi connectivity index (χ0) is 9.33. The summed E-state index contributed by atoms with van der Waals surface area (Å²) in [4.78, 5) is 0. The molecule has 0 rings (SSSR count). The minimum absolute atomic E-state index is 0. The summed E-state index contributed by atoms with van der Waals surface area (Å²) in [5.41, 5.74) is 0. The molecule has 0 radical (unpaired) electrons. The van der Waals surface area contributed by atoms with Crippen LogP contribution in [-0.4, -0.2) is 17.5 Å². The third-order valence-corrected chi connectivity index (χ3v) is 0.846. The molecule has 70 valence electrons. The molecule has 6 heteroatoms. The average molecular weight is 206 g/mol. The second-order valence-corrected chi connectivity index (χ2v) is 2.89. The van der Waals surface area contributed by atoms with Gasteiger partial charge in [-0.05, 0) is 0 Å². The predicted octanol–water partition coefficient (Wildman–Crippen LogP) is -1.25. The molecule has 0 aliphatic rings. The molecule has 0 spiro atoms. The van der Waals surface area contributed by atoms with Crippen molar-refractivity contribution >= 4 is 10.4 Å². The second-order valence-electron chi connectivity index (χ2n) is 2.00. The van der Waals surface area contributed by atoms with Crippen LogP contribution in [0.4, 0.5) is 0 Å². The molecule has 0 aromatic rings. The van der Waals surface area contributed by atoms with Gasteiger partial charge in [0.25, 0.3) is 0 Å². The van der Waals surface area contributed by atoms with Crippen LogP contribution >= 0.6 is 0 Å². The van der Waals surface area contributed by atoms with E-state index >= 15 is 0 Å². The summed E-state index contributed by atoms with van der Waals surface area (Å²) in [5.74, 6) is 0. The third-order valence-electron chi connectivity index (χ3n) is 0.846. The first-order chi connectivity index (χ1) is 4.91. The zero-order valence-electron chi connectivity index (χ0n) is 7.82. The Morgan fingerprint density at radius 1 is 1.33 bits per heavy atom. The fourth-order valence-corrected chi connectivity index (χ4v) is 0.408. The fourth-order valence-electron chi connectivity index (χ4n) is 0.408. The first-order valence-electron chi connectivity index (χ1n) is 3.39. The van der Waals surface area contributed by atoms with Gasteiger partial charge in [0.2, 0.25) is 0 Å². The molecule has 0 unspecified atom stereocenters. The fraction of sp³-hybridized carbons (Fsp3) is 0.833. The molecule has 0 aromatic carbocycles. The van der Waals surface area contributed by atoms with Crippen LogP contribution in [-0.2, 0) is 10.4 Å². The summed E-state index contributed by atoms with van der Waals surface area (Å²) in [6.07, 6.45) is 6.18. The van der Waals surface area contributed by atoms with Crippen LogP contribution in [0.1, 0.15) is 33.1 Å². The van der Waals surface area contributed by atoms with E-state index in [1.54, 1.807) is 0 Å². The van der Waals surface area contributed by atoms with Gasteiger partial charge in [-0.3, -0.25) is 9.11 Å². The van der Waals surface area contributed by atoms with E-state index in [1.165, 1.54) is 19.3 Å². The van der Waals surface area contributed by atoms with Gasteiger partial charge in [0.15, 0.2) is 0 Å². The standard InChI is InChI=1S/C6H13.Na.H2O4S/c1-3-5-6-4-2;;1-5(2,3)4/h3H,4-6H2,1-2H3;;(H2,1,2,3,4)/q-1;+1;. The molecular weight excluding hydrogens is 191 g/mol. The predicted molar refractivity (Wildman–Crippen MR) is 43.7 cm³/mol. The Morgan fingerprint density at radius 3 is 1.75 bits per heavy atom. The number of rotatable bonds is 3. The number of unbranched alkanes of at least 4 members (excludes halogenated alkanes) is 3. The van der Waals surface area contributed by atoms with Crippen molar-refractivity contribution in [2.75, 3.05) is 0 Å². The molecule has 0 aliphatic carbocycles. The normalized spacial score (nSPS) is 9.33. The molecule has 0 aromatic heterocycles. The number of hydrogen-bond donors (Lipinski definition) is 2. The average Bonchev–Trinajstić information content (AvgIpc) is 1.79. The van der Waals surface area contributed by atoms with Crippen LogP contribution in [0.2, 0.25) is 0 Å². The Bertz CT molecular complexity index is 143. The molecule has 0 aliphatic heterocycles. The summed E-state index contributed by atoms with van der Waals surface area (Å²) in [7, 11) is -4.67. The van der Waals surface area contributed by atoms with Gasteiger partial charge >= 0.3 is 40.0 Å². The Kier molecular flexibility index (Phi) is 18.4. The quantitative estimate of drug-likeness (QED) is 0.262. The zero-order valence-corrected chi connectivity index (χ0v) is 10.6. The van der Waals surface area contributed by atoms with Crippen molar-refractivity contribution in [1.29, 1.82) is 0 Å². The van der Waals surface area contributed by atoms with Crippen LogP contribution < -0.4 is 29.6 Å². The van der Waals surface area contributed by atoms with E-state index in [0.717, 1.165) is 0 Å². The minimum atomic E-state index is -4.67. The van der Waals surface area contributed by atoms with E-state index in [4.69, 9.17) is 17.5 Å². The molecule has 0 amide bonds. The van der Waals surface area contributed by atoms with Crippen molar-refractivity contribution in [3.05, 3.63) is 6.42 Å². The summed E-state index contributed by atoms with van der Waals surface area (Å²) < 4.78 is 31.6.